The van der Waals surface area contributed by atoms with E-state index >= 15 is 0 Å². The minimum atomic E-state index is 0.453. The minimum absolute atomic E-state index is 0.453. The molecule has 22 heavy (non-hydrogen) atoms. The second kappa shape index (κ2) is 8.14. The molecule has 0 aliphatic carbocycles. The quantitative estimate of drug-likeness (QED) is 0.712. The first-order valence-electron chi connectivity index (χ1n) is 8.63. The number of aryl methyl sites for hydroxylation is 2. The Bertz CT molecular complexity index is 485. The molecule has 0 N–H and O–H groups in total. The van der Waals surface area contributed by atoms with E-state index in [4.69, 9.17) is 4.74 Å². The normalized spacial score (nSPS) is 21.6. The van der Waals surface area contributed by atoms with Crippen LogP contribution in [0.2, 0.25) is 0 Å². The van der Waals surface area contributed by atoms with Crippen molar-refractivity contribution in [1.82, 2.24) is 0 Å². The molecule has 0 bridgehead atoms. The van der Waals surface area contributed by atoms with Gasteiger partial charge in [-0.05, 0) is 56.1 Å². The van der Waals surface area contributed by atoms with Crippen LogP contribution in [0.1, 0.15) is 43.2 Å². The molecule has 0 spiro atoms. The van der Waals surface area contributed by atoms with Crippen molar-refractivity contribution >= 4 is 0 Å². The molecule has 3 rings (SSSR count). The zero-order chi connectivity index (χ0) is 15.0. The van der Waals surface area contributed by atoms with Crippen molar-refractivity contribution in [1.29, 1.82) is 0 Å². The van der Waals surface area contributed by atoms with Gasteiger partial charge in [-0.1, -0.05) is 60.7 Å². The third kappa shape index (κ3) is 4.71. The van der Waals surface area contributed by atoms with Gasteiger partial charge in [-0.25, -0.2) is 0 Å². The van der Waals surface area contributed by atoms with Crippen molar-refractivity contribution < 1.29 is 4.74 Å². The molecule has 1 fully saturated rings. The molecule has 0 aromatic heterocycles. The third-order valence-corrected chi connectivity index (χ3v) is 4.63. The largest absolute Gasteiger partial charge is 0.375 e. The number of hydrogen-bond acceptors (Lipinski definition) is 1. The van der Waals surface area contributed by atoms with Gasteiger partial charge in [-0.3, -0.25) is 0 Å². The van der Waals surface area contributed by atoms with Crippen LogP contribution >= 0.6 is 0 Å². The smallest absolute Gasteiger partial charge is 0.0582 e. The van der Waals surface area contributed by atoms with Crippen molar-refractivity contribution in [2.75, 3.05) is 0 Å². The van der Waals surface area contributed by atoms with Crippen LogP contribution in [0.25, 0.3) is 0 Å². The van der Waals surface area contributed by atoms with E-state index in [1.165, 1.54) is 30.4 Å². The average molecular weight is 294 g/mol. The number of rotatable bonds is 6. The lowest BCUT2D eigenvalue weighted by Crippen LogP contribution is -2.28. The average Bonchev–Trinajstić information content (AvgIpc) is 2.60. The standard InChI is InChI=1S/C21H26O/c1-3-8-18(9-4-1)14-16-20-12-7-13-21(22-20)17-15-19-10-5-2-6-11-19/h1-6,8-11,20-21H,7,12-17H2/t20-,21+. The molecule has 0 saturated carbocycles. The molecule has 1 heteroatoms. The fourth-order valence-electron chi connectivity index (χ4n) is 3.35. The maximum Gasteiger partial charge on any atom is 0.0582 e. The van der Waals surface area contributed by atoms with Gasteiger partial charge in [-0.15, -0.1) is 0 Å². The molecule has 1 nitrogen and oxygen atoms in total. The fourth-order valence-corrected chi connectivity index (χ4v) is 3.35. The Morgan fingerprint density at radius 2 is 1.14 bits per heavy atom. The summed E-state index contributed by atoms with van der Waals surface area (Å²) >= 11 is 0. The number of benzene rings is 2. The lowest BCUT2D eigenvalue weighted by molar-refractivity contribution is -0.0556. The zero-order valence-corrected chi connectivity index (χ0v) is 13.3. The van der Waals surface area contributed by atoms with E-state index in [0.717, 1.165) is 25.7 Å². The fraction of sp³-hybridized carbons (Fsp3) is 0.429. The second-order valence-electron chi connectivity index (χ2n) is 6.36. The molecule has 1 aliphatic rings. The molecule has 1 saturated heterocycles. The Labute approximate surface area is 134 Å². The monoisotopic (exact) mass is 294 g/mol. The van der Waals surface area contributed by atoms with Crippen molar-refractivity contribution in [3.8, 4) is 0 Å². The summed E-state index contributed by atoms with van der Waals surface area (Å²) in [6, 6.07) is 21.5. The van der Waals surface area contributed by atoms with Gasteiger partial charge in [0.2, 0.25) is 0 Å². The molecular formula is C21H26O. The van der Waals surface area contributed by atoms with Gasteiger partial charge >= 0.3 is 0 Å². The molecule has 2 aromatic carbocycles. The molecule has 2 atom stereocenters. The van der Waals surface area contributed by atoms with E-state index in [-0.39, 0.29) is 0 Å². The summed E-state index contributed by atoms with van der Waals surface area (Å²) in [6.45, 7) is 0. The summed E-state index contributed by atoms with van der Waals surface area (Å²) in [5, 5.41) is 0. The third-order valence-electron chi connectivity index (χ3n) is 4.63. The first-order valence-corrected chi connectivity index (χ1v) is 8.63. The van der Waals surface area contributed by atoms with Crippen molar-refractivity contribution in [2.24, 2.45) is 0 Å². The second-order valence-corrected chi connectivity index (χ2v) is 6.36. The highest BCUT2D eigenvalue weighted by molar-refractivity contribution is 5.15. The molecular weight excluding hydrogens is 268 g/mol. The van der Waals surface area contributed by atoms with E-state index in [2.05, 4.69) is 60.7 Å². The lowest BCUT2D eigenvalue weighted by atomic mass is 9.96. The summed E-state index contributed by atoms with van der Waals surface area (Å²) < 4.78 is 6.33. The highest BCUT2D eigenvalue weighted by atomic mass is 16.5. The van der Waals surface area contributed by atoms with Crippen LogP contribution < -0.4 is 0 Å². The van der Waals surface area contributed by atoms with Crippen LogP contribution in [0.4, 0.5) is 0 Å². The SMILES string of the molecule is c1ccc(CC[C@H]2CCC[C@@H](CCc3ccccc3)O2)cc1. The summed E-state index contributed by atoms with van der Waals surface area (Å²) in [4.78, 5) is 0. The Kier molecular flexibility index (Phi) is 5.66. The van der Waals surface area contributed by atoms with E-state index in [9.17, 15) is 0 Å². The molecule has 2 aromatic rings. The first kappa shape index (κ1) is 15.3. The van der Waals surface area contributed by atoms with Crippen LogP contribution in [-0.2, 0) is 17.6 Å². The van der Waals surface area contributed by atoms with Crippen LogP contribution in [0, 0.1) is 0 Å². The summed E-state index contributed by atoms with van der Waals surface area (Å²) in [6.07, 6.45) is 9.28. The van der Waals surface area contributed by atoms with E-state index < -0.39 is 0 Å². The van der Waals surface area contributed by atoms with Crippen LogP contribution in [0.3, 0.4) is 0 Å². The van der Waals surface area contributed by atoms with Gasteiger partial charge in [0.1, 0.15) is 0 Å². The van der Waals surface area contributed by atoms with Crippen molar-refractivity contribution in [2.45, 2.75) is 57.2 Å². The Hall–Kier alpha value is -1.60. The highest BCUT2D eigenvalue weighted by Gasteiger charge is 2.21. The van der Waals surface area contributed by atoms with Gasteiger partial charge in [0.15, 0.2) is 0 Å². The minimum Gasteiger partial charge on any atom is -0.375 e. The Morgan fingerprint density at radius 1 is 0.682 bits per heavy atom. The number of hydrogen-bond donors (Lipinski definition) is 0. The molecule has 1 aliphatic heterocycles. The maximum atomic E-state index is 6.33. The highest BCUT2D eigenvalue weighted by Crippen LogP contribution is 2.25. The first-order chi connectivity index (χ1) is 10.9. The van der Waals surface area contributed by atoms with Crippen molar-refractivity contribution in [3.63, 3.8) is 0 Å². The molecule has 0 amide bonds. The summed E-state index contributed by atoms with van der Waals surface area (Å²) in [5.74, 6) is 0. The van der Waals surface area contributed by atoms with Gasteiger partial charge in [0, 0.05) is 0 Å². The van der Waals surface area contributed by atoms with Gasteiger partial charge in [0.25, 0.3) is 0 Å². The predicted octanol–water partition coefficient (Wildman–Crippen LogP) is 5.19. The number of ether oxygens (including phenoxy) is 1. The zero-order valence-electron chi connectivity index (χ0n) is 13.3. The summed E-state index contributed by atoms with van der Waals surface area (Å²) in [7, 11) is 0. The van der Waals surface area contributed by atoms with Crippen LogP contribution in [-0.4, -0.2) is 12.2 Å². The van der Waals surface area contributed by atoms with E-state index in [1.54, 1.807) is 0 Å². The Balaban J connectivity index is 1.43. The van der Waals surface area contributed by atoms with Gasteiger partial charge < -0.3 is 4.74 Å². The molecule has 0 unspecified atom stereocenters. The maximum absolute atomic E-state index is 6.33. The van der Waals surface area contributed by atoms with Crippen molar-refractivity contribution in [3.05, 3.63) is 71.8 Å². The topological polar surface area (TPSA) is 9.23 Å². The summed E-state index contributed by atoms with van der Waals surface area (Å²) in [5.41, 5.74) is 2.86. The van der Waals surface area contributed by atoms with Crippen LogP contribution in [0.5, 0.6) is 0 Å². The van der Waals surface area contributed by atoms with E-state index in [1.807, 2.05) is 0 Å². The van der Waals surface area contributed by atoms with Gasteiger partial charge in [0.05, 0.1) is 12.2 Å². The molecule has 1 heterocycles. The van der Waals surface area contributed by atoms with Crippen LogP contribution in [0.15, 0.2) is 60.7 Å². The molecule has 0 radical (unpaired) electrons. The molecule has 116 valence electrons. The van der Waals surface area contributed by atoms with Gasteiger partial charge in [-0.2, -0.15) is 0 Å². The lowest BCUT2D eigenvalue weighted by Gasteiger charge is -2.30. The predicted molar refractivity (Wildman–Crippen MR) is 92.0 cm³/mol. The van der Waals surface area contributed by atoms with E-state index in [0.29, 0.717) is 12.2 Å². The Morgan fingerprint density at radius 3 is 1.59 bits per heavy atom.